The molecule has 0 fully saturated rings. The van der Waals surface area contributed by atoms with E-state index in [0.29, 0.717) is 22.8 Å². The molecule has 134 valence electrons. The van der Waals surface area contributed by atoms with Crippen molar-refractivity contribution in [3.8, 4) is 5.75 Å². The largest absolute Gasteiger partial charge is 0.496 e. The van der Waals surface area contributed by atoms with Crippen LogP contribution in [0.5, 0.6) is 5.75 Å². The number of carbonyl (C=O) groups is 1. The zero-order valence-corrected chi connectivity index (χ0v) is 14.9. The second-order valence-electron chi connectivity index (χ2n) is 5.64. The predicted octanol–water partition coefficient (Wildman–Crippen LogP) is 3.63. The van der Waals surface area contributed by atoms with Crippen molar-refractivity contribution >= 4 is 34.3 Å². The van der Waals surface area contributed by atoms with Gasteiger partial charge in [-0.25, -0.2) is 4.79 Å². The summed E-state index contributed by atoms with van der Waals surface area (Å²) >= 11 is 5.96. The van der Waals surface area contributed by atoms with Gasteiger partial charge in [0, 0.05) is 22.1 Å². The molecule has 0 amide bonds. The molecule has 1 aromatic heterocycles. The number of halogens is 1. The number of fused-ring (bicyclic) bond motifs is 1. The molecule has 1 heterocycles. The molecule has 0 aliphatic rings. The van der Waals surface area contributed by atoms with Crippen LogP contribution in [0.2, 0.25) is 5.02 Å². The summed E-state index contributed by atoms with van der Waals surface area (Å²) in [4.78, 5) is 20.1. The van der Waals surface area contributed by atoms with Crippen LogP contribution in [0.25, 0.3) is 10.9 Å². The molecule has 26 heavy (non-hydrogen) atoms. The van der Waals surface area contributed by atoms with Gasteiger partial charge in [-0.05, 0) is 36.2 Å². The summed E-state index contributed by atoms with van der Waals surface area (Å²) < 4.78 is 5.20. The average molecular weight is 372 g/mol. The van der Waals surface area contributed by atoms with Gasteiger partial charge >= 0.3 is 5.97 Å². The number of hydrogen-bond acceptors (Lipinski definition) is 4. The maximum absolute atomic E-state index is 12.0. The molecule has 0 unspecified atom stereocenters. The molecule has 0 spiro atoms. The van der Waals surface area contributed by atoms with Crippen LogP contribution in [0.1, 0.15) is 17.5 Å². The number of H-pyrrole nitrogens is 1. The number of hydrogen-bond donors (Lipinski definition) is 2. The molecule has 0 bridgehead atoms. The summed E-state index contributed by atoms with van der Waals surface area (Å²) in [6, 6.07) is 12.8. The first-order valence-corrected chi connectivity index (χ1v) is 8.38. The first-order chi connectivity index (χ1) is 12.6. The molecular weight excluding hydrogens is 354 g/mol. The number of rotatable bonds is 6. The third kappa shape index (κ3) is 3.97. The third-order valence-corrected chi connectivity index (χ3v) is 4.19. The van der Waals surface area contributed by atoms with Gasteiger partial charge < -0.3 is 20.3 Å². The first-order valence-electron chi connectivity index (χ1n) is 8.00. The number of nitrogens with two attached hydrogens (primary N) is 1. The van der Waals surface area contributed by atoms with Crippen LogP contribution in [0.15, 0.2) is 53.8 Å². The lowest BCUT2D eigenvalue weighted by Crippen LogP contribution is -2.16. The van der Waals surface area contributed by atoms with Gasteiger partial charge in [0.2, 0.25) is 0 Å². The summed E-state index contributed by atoms with van der Waals surface area (Å²) in [7, 11) is 1.51. The minimum atomic E-state index is -0.473. The number of nitrogens with one attached hydrogen (secondary N) is 1. The van der Waals surface area contributed by atoms with E-state index in [1.807, 2.05) is 30.5 Å². The van der Waals surface area contributed by atoms with Crippen molar-refractivity contribution in [1.29, 1.82) is 0 Å². The number of aromatic amines is 1. The Labute approximate surface area is 155 Å². The normalized spacial score (nSPS) is 11.5. The fraction of sp³-hybridized carbons (Fsp3) is 0.158. The number of nitrogens with zero attached hydrogens (tertiary/aromatic N) is 1. The van der Waals surface area contributed by atoms with E-state index in [-0.39, 0.29) is 12.3 Å². The van der Waals surface area contributed by atoms with Crippen molar-refractivity contribution in [2.24, 2.45) is 10.9 Å². The number of methoxy groups -OCH3 is 1. The van der Waals surface area contributed by atoms with Crippen molar-refractivity contribution in [3.05, 3.63) is 64.8 Å². The van der Waals surface area contributed by atoms with Crippen LogP contribution >= 0.6 is 11.6 Å². The topological polar surface area (TPSA) is 89.7 Å². The number of para-hydroxylation sites is 1. The molecule has 0 atom stereocenters. The Kier molecular flexibility index (Phi) is 5.43. The van der Waals surface area contributed by atoms with E-state index in [1.54, 1.807) is 18.2 Å². The number of carbonyl (C=O) groups excluding carboxylic acids is 1. The summed E-state index contributed by atoms with van der Waals surface area (Å²) in [5.74, 6) is 0.0366. The lowest BCUT2D eigenvalue weighted by molar-refractivity contribution is -0.143. The zero-order chi connectivity index (χ0) is 18.5. The lowest BCUT2D eigenvalue weighted by Gasteiger charge is -2.07. The number of aryl methyl sites for hydroxylation is 1. The van der Waals surface area contributed by atoms with Crippen molar-refractivity contribution < 1.29 is 14.4 Å². The minimum Gasteiger partial charge on any atom is -0.496 e. The number of amidine groups is 1. The highest BCUT2D eigenvalue weighted by molar-refractivity contribution is 6.31. The quantitative estimate of drug-likeness (QED) is 0.299. The van der Waals surface area contributed by atoms with Gasteiger partial charge in [0.25, 0.3) is 0 Å². The van der Waals surface area contributed by atoms with Gasteiger partial charge in [0.1, 0.15) is 5.75 Å². The minimum absolute atomic E-state index is 0.0183. The Hall–Kier alpha value is -2.99. The van der Waals surface area contributed by atoms with E-state index in [0.717, 1.165) is 16.5 Å². The summed E-state index contributed by atoms with van der Waals surface area (Å²) in [5.41, 5.74) is 8.43. The van der Waals surface area contributed by atoms with E-state index in [1.165, 1.54) is 7.11 Å². The Bertz CT molecular complexity index is 966. The molecule has 3 N–H and O–H groups in total. The Morgan fingerprint density at radius 1 is 1.27 bits per heavy atom. The van der Waals surface area contributed by atoms with Crippen molar-refractivity contribution in [2.45, 2.75) is 12.8 Å². The monoisotopic (exact) mass is 371 g/mol. The predicted molar refractivity (Wildman–Crippen MR) is 101 cm³/mol. The second kappa shape index (κ2) is 7.93. The molecule has 0 aliphatic carbocycles. The molecule has 6 nitrogen and oxygen atoms in total. The number of aromatic nitrogens is 1. The van der Waals surface area contributed by atoms with Gasteiger partial charge in [-0.3, -0.25) is 0 Å². The van der Waals surface area contributed by atoms with Gasteiger partial charge in [-0.15, -0.1) is 0 Å². The van der Waals surface area contributed by atoms with Gasteiger partial charge in [0.05, 0.1) is 19.1 Å². The molecular formula is C19H18ClN3O3. The highest BCUT2D eigenvalue weighted by atomic mass is 35.5. The van der Waals surface area contributed by atoms with Gasteiger partial charge in [0.15, 0.2) is 5.84 Å². The SMILES string of the molecule is COc1ccc(Cl)cc1/C(N)=N/OC(=O)CCc1c[nH]c2ccccc12. The van der Waals surface area contributed by atoms with E-state index in [4.69, 9.17) is 26.9 Å². The summed E-state index contributed by atoms with van der Waals surface area (Å²) in [6.07, 6.45) is 2.62. The van der Waals surface area contributed by atoms with Crippen molar-refractivity contribution in [2.75, 3.05) is 7.11 Å². The number of benzene rings is 2. The molecule has 3 rings (SSSR count). The number of oxime groups is 1. The van der Waals surface area contributed by atoms with Crippen LogP contribution in [0, 0.1) is 0 Å². The molecule has 0 saturated carbocycles. The highest BCUT2D eigenvalue weighted by Gasteiger charge is 2.11. The highest BCUT2D eigenvalue weighted by Crippen LogP contribution is 2.22. The fourth-order valence-corrected chi connectivity index (χ4v) is 2.82. The second-order valence-corrected chi connectivity index (χ2v) is 6.08. The molecule has 7 heteroatoms. The standard InChI is InChI=1S/C19H18ClN3O3/c1-25-17-8-7-13(20)10-15(17)19(21)23-26-18(24)9-6-12-11-22-16-5-3-2-4-14(12)16/h2-5,7-8,10-11,22H,6,9H2,1H3,(H2,21,23). The average Bonchev–Trinajstić information content (AvgIpc) is 3.07. The third-order valence-electron chi connectivity index (χ3n) is 3.96. The van der Waals surface area contributed by atoms with Crippen LogP contribution in [0.4, 0.5) is 0 Å². The van der Waals surface area contributed by atoms with Crippen molar-refractivity contribution in [3.63, 3.8) is 0 Å². The molecule has 0 saturated heterocycles. The van der Waals surface area contributed by atoms with E-state index in [2.05, 4.69) is 10.1 Å². The number of ether oxygens (including phenoxy) is 1. The van der Waals surface area contributed by atoms with Crippen LogP contribution in [-0.4, -0.2) is 23.9 Å². The van der Waals surface area contributed by atoms with Crippen LogP contribution < -0.4 is 10.5 Å². The lowest BCUT2D eigenvalue weighted by atomic mass is 10.1. The smallest absolute Gasteiger partial charge is 0.335 e. The summed E-state index contributed by atoms with van der Waals surface area (Å²) in [5, 5.41) is 5.27. The Morgan fingerprint density at radius 2 is 2.08 bits per heavy atom. The first kappa shape index (κ1) is 17.8. The zero-order valence-electron chi connectivity index (χ0n) is 14.2. The van der Waals surface area contributed by atoms with E-state index >= 15 is 0 Å². The van der Waals surface area contributed by atoms with Gasteiger partial charge in [-0.1, -0.05) is 35.0 Å². The van der Waals surface area contributed by atoms with E-state index < -0.39 is 5.97 Å². The maximum Gasteiger partial charge on any atom is 0.335 e. The summed E-state index contributed by atoms with van der Waals surface area (Å²) in [6.45, 7) is 0. The van der Waals surface area contributed by atoms with Crippen LogP contribution in [-0.2, 0) is 16.1 Å². The Balaban J connectivity index is 1.63. The molecule has 2 aromatic carbocycles. The molecule has 0 aliphatic heterocycles. The Morgan fingerprint density at radius 3 is 2.88 bits per heavy atom. The van der Waals surface area contributed by atoms with E-state index in [9.17, 15) is 4.79 Å². The molecule has 3 aromatic rings. The fourth-order valence-electron chi connectivity index (χ4n) is 2.65. The van der Waals surface area contributed by atoms with Crippen LogP contribution in [0.3, 0.4) is 0 Å². The van der Waals surface area contributed by atoms with Crippen molar-refractivity contribution in [1.82, 2.24) is 4.98 Å². The van der Waals surface area contributed by atoms with Gasteiger partial charge in [-0.2, -0.15) is 0 Å². The molecule has 0 radical (unpaired) electrons. The maximum atomic E-state index is 12.0.